The highest BCUT2D eigenvalue weighted by Crippen LogP contribution is 2.60. The number of hydrogen-bond donors (Lipinski definition) is 0. The molecular weight excluding hydrogens is 494 g/mol. The first kappa shape index (κ1) is 23.2. The van der Waals surface area contributed by atoms with E-state index in [1.165, 1.54) is 0 Å². The van der Waals surface area contributed by atoms with E-state index in [-0.39, 0.29) is 23.7 Å². The van der Waals surface area contributed by atoms with Crippen molar-refractivity contribution in [2.45, 2.75) is 32.6 Å². The lowest BCUT2D eigenvalue weighted by Gasteiger charge is -2.45. The lowest BCUT2D eigenvalue weighted by atomic mass is 9.55. The van der Waals surface area contributed by atoms with Crippen molar-refractivity contribution in [3.8, 4) is 5.69 Å². The third-order valence-electron chi connectivity index (χ3n) is 8.62. The van der Waals surface area contributed by atoms with Crippen LogP contribution in [0.25, 0.3) is 5.69 Å². The van der Waals surface area contributed by atoms with Crippen molar-refractivity contribution >= 4 is 29.6 Å². The predicted molar refractivity (Wildman–Crippen MR) is 148 cm³/mol. The van der Waals surface area contributed by atoms with E-state index in [0.717, 1.165) is 55.5 Å². The van der Waals surface area contributed by atoms with Gasteiger partial charge in [0, 0.05) is 39.5 Å². The molecule has 0 saturated carbocycles. The average molecular weight is 520 g/mol. The van der Waals surface area contributed by atoms with Gasteiger partial charge in [-0.05, 0) is 66.8 Å². The number of carbonyl (C=O) groups excluding carboxylic acids is 2. The van der Waals surface area contributed by atoms with E-state index in [2.05, 4.69) is 33.9 Å². The quantitative estimate of drug-likeness (QED) is 0.236. The maximum atomic E-state index is 13.8. The highest BCUT2D eigenvalue weighted by molar-refractivity contribution is 6.30. The molecule has 1 aliphatic heterocycles. The summed E-state index contributed by atoms with van der Waals surface area (Å²) in [6.45, 7) is 6.08. The molecule has 1 fully saturated rings. The Morgan fingerprint density at radius 1 is 0.763 bits per heavy atom. The molecule has 3 aliphatic carbocycles. The van der Waals surface area contributed by atoms with Crippen molar-refractivity contribution in [1.29, 1.82) is 0 Å². The van der Waals surface area contributed by atoms with Gasteiger partial charge in [-0.2, -0.15) is 10.1 Å². The lowest BCUT2D eigenvalue weighted by Crippen LogP contribution is -2.41. The molecule has 0 spiro atoms. The number of benzene rings is 3. The molecule has 3 aromatic carbocycles. The van der Waals surface area contributed by atoms with Crippen LogP contribution in [0.5, 0.6) is 0 Å². The molecule has 2 bridgehead atoms. The summed E-state index contributed by atoms with van der Waals surface area (Å²) in [4.78, 5) is 27.6. The van der Waals surface area contributed by atoms with E-state index in [4.69, 9.17) is 11.6 Å². The van der Waals surface area contributed by atoms with Crippen LogP contribution >= 0.6 is 11.6 Å². The Hall–Kier alpha value is -3.96. The summed E-state index contributed by atoms with van der Waals surface area (Å²) >= 11 is 6.29. The SMILES string of the molecule is Cc1ccc(Cl)cc1-n1c(C)cc(/C=N\N2C(=O)[C@H]3C4c5ccccc5C(c5ccccc54)[C@@H]3C2=O)c1C. The molecule has 4 aliphatic rings. The minimum atomic E-state index is -0.434. The number of nitrogens with zero attached hydrogens (tertiary/aromatic N) is 3. The van der Waals surface area contributed by atoms with Crippen molar-refractivity contribution < 1.29 is 9.59 Å². The van der Waals surface area contributed by atoms with E-state index in [1.807, 2.05) is 69.3 Å². The van der Waals surface area contributed by atoms with Gasteiger partial charge >= 0.3 is 0 Å². The van der Waals surface area contributed by atoms with Crippen LogP contribution in [-0.4, -0.2) is 27.6 Å². The van der Waals surface area contributed by atoms with Crippen molar-refractivity contribution in [2.24, 2.45) is 16.9 Å². The summed E-state index contributed by atoms with van der Waals surface area (Å²) in [5.74, 6) is -1.56. The third kappa shape index (κ3) is 3.08. The Bertz CT molecular complexity index is 1590. The smallest absolute Gasteiger partial charge is 0.254 e. The first-order valence-corrected chi connectivity index (χ1v) is 13.3. The standard InChI is InChI=1S/C32H26ClN3O2/c1-17-12-13-21(33)15-26(17)35-18(2)14-20(19(35)3)16-34-36-31(37)29-27-22-8-4-5-9-23(22)28(30(29)32(36)38)25-11-7-6-10-24(25)27/h4-16,27-30H,1-3H3/b34-16-/t27?,28?,29-,30-/m0/s1. The minimum Gasteiger partial charge on any atom is -0.318 e. The third-order valence-corrected chi connectivity index (χ3v) is 8.85. The number of aromatic nitrogens is 1. The largest absolute Gasteiger partial charge is 0.318 e. The van der Waals surface area contributed by atoms with Crippen LogP contribution in [-0.2, 0) is 9.59 Å². The Labute approximate surface area is 226 Å². The van der Waals surface area contributed by atoms with Gasteiger partial charge in [-0.3, -0.25) is 9.59 Å². The van der Waals surface area contributed by atoms with E-state index in [0.29, 0.717) is 5.02 Å². The second-order valence-electron chi connectivity index (χ2n) is 10.6. The number of imide groups is 1. The number of rotatable bonds is 3. The molecule has 8 rings (SSSR count). The van der Waals surface area contributed by atoms with Gasteiger partial charge in [0.1, 0.15) is 0 Å². The van der Waals surface area contributed by atoms with Gasteiger partial charge in [0.2, 0.25) is 0 Å². The highest BCUT2D eigenvalue weighted by Gasteiger charge is 2.61. The van der Waals surface area contributed by atoms with Gasteiger partial charge in [0.05, 0.1) is 18.1 Å². The van der Waals surface area contributed by atoms with Crippen LogP contribution < -0.4 is 0 Å². The van der Waals surface area contributed by atoms with Crippen molar-refractivity contribution in [2.75, 3.05) is 0 Å². The molecule has 2 heterocycles. The van der Waals surface area contributed by atoms with E-state index in [1.54, 1.807) is 6.21 Å². The fraction of sp³-hybridized carbons (Fsp3) is 0.219. The summed E-state index contributed by atoms with van der Waals surface area (Å²) in [6, 6.07) is 24.3. The van der Waals surface area contributed by atoms with Gasteiger partial charge < -0.3 is 4.57 Å². The number of hydrazone groups is 1. The van der Waals surface area contributed by atoms with Gasteiger partial charge in [0.25, 0.3) is 11.8 Å². The second-order valence-corrected chi connectivity index (χ2v) is 11.0. The molecule has 1 saturated heterocycles. The number of hydrogen-bond acceptors (Lipinski definition) is 3. The van der Waals surface area contributed by atoms with E-state index >= 15 is 0 Å². The lowest BCUT2D eigenvalue weighted by molar-refractivity contribution is -0.139. The topological polar surface area (TPSA) is 54.7 Å². The molecule has 0 unspecified atom stereocenters. The maximum Gasteiger partial charge on any atom is 0.254 e. The molecule has 38 heavy (non-hydrogen) atoms. The molecule has 4 aromatic rings. The number of aryl methyl sites for hydroxylation is 2. The van der Waals surface area contributed by atoms with Gasteiger partial charge in [-0.15, -0.1) is 0 Å². The molecule has 0 radical (unpaired) electrons. The molecular formula is C32H26ClN3O2. The molecule has 0 N–H and O–H groups in total. The van der Waals surface area contributed by atoms with Crippen LogP contribution in [0.3, 0.4) is 0 Å². The summed E-state index contributed by atoms with van der Waals surface area (Å²) in [5, 5.41) is 6.32. The van der Waals surface area contributed by atoms with Gasteiger partial charge in [-0.1, -0.05) is 66.2 Å². The fourth-order valence-electron chi connectivity index (χ4n) is 7.01. The summed E-state index contributed by atoms with van der Waals surface area (Å²) < 4.78 is 2.13. The molecule has 5 nitrogen and oxygen atoms in total. The molecule has 1 aromatic heterocycles. The molecule has 188 valence electrons. The first-order chi connectivity index (χ1) is 18.4. The molecule has 6 heteroatoms. The van der Waals surface area contributed by atoms with Crippen LogP contribution in [0.2, 0.25) is 5.02 Å². The van der Waals surface area contributed by atoms with Crippen molar-refractivity contribution in [3.63, 3.8) is 0 Å². The Morgan fingerprint density at radius 3 is 1.82 bits per heavy atom. The Balaban J connectivity index is 1.27. The minimum absolute atomic E-state index is 0.134. The summed E-state index contributed by atoms with van der Waals surface area (Å²) in [6.07, 6.45) is 1.65. The maximum absolute atomic E-state index is 13.8. The second kappa shape index (κ2) is 8.27. The monoisotopic (exact) mass is 519 g/mol. The average Bonchev–Trinajstić information content (AvgIpc) is 3.35. The van der Waals surface area contributed by atoms with Crippen LogP contribution in [0.4, 0.5) is 0 Å². The van der Waals surface area contributed by atoms with Crippen molar-refractivity contribution in [3.05, 3.63) is 123 Å². The molecule has 2 amide bonds. The number of carbonyl (C=O) groups is 2. The Morgan fingerprint density at radius 2 is 1.29 bits per heavy atom. The van der Waals surface area contributed by atoms with Gasteiger partial charge in [-0.25, -0.2) is 0 Å². The van der Waals surface area contributed by atoms with Crippen molar-refractivity contribution in [1.82, 2.24) is 9.58 Å². The zero-order valence-electron chi connectivity index (χ0n) is 21.4. The Kier molecular flexibility index (Phi) is 5.04. The van der Waals surface area contributed by atoms with Crippen LogP contribution in [0.1, 0.15) is 56.6 Å². The number of halogens is 1. The van der Waals surface area contributed by atoms with E-state index < -0.39 is 11.8 Å². The number of amides is 2. The van der Waals surface area contributed by atoms with Crippen LogP contribution in [0, 0.1) is 32.6 Å². The predicted octanol–water partition coefficient (Wildman–Crippen LogP) is 6.28. The zero-order valence-corrected chi connectivity index (χ0v) is 22.1. The zero-order chi connectivity index (χ0) is 26.3. The summed E-state index contributed by atoms with van der Waals surface area (Å²) in [7, 11) is 0. The fourth-order valence-corrected chi connectivity index (χ4v) is 7.17. The van der Waals surface area contributed by atoms with Crippen LogP contribution in [0.15, 0.2) is 77.9 Å². The molecule has 2 atom stereocenters. The van der Waals surface area contributed by atoms with Gasteiger partial charge in [0.15, 0.2) is 0 Å². The normalized spacial score (nSPS) is 23.2. The van der Waals surface area contributed by atoms with E-state index in [9.17, 15) is 9.59 Å². The highest BCUT2D eigenvalue weighted by atomic mass is 35.5. The summed E-state index contributed by atoms with van der Waals surface area (Å²) in [5.41, 5.74) is 9.57. The first-order valence-electron chi connectivity index (χ1n) is 12.9.